The van der Waals surface area contributed by atoms with Crippen LogP contribution < -0.4 is 9.80 Å². The van der Waals surface area contributed by atoms with Gasteiger partial charge in [0.2, 0.25) is 0 Å². The van der Waals surface area contributed by atoms with Crippen molar-refractivity contribution in [1.82, 2.24) is 0 Å². The van der Waals surface area contributed by atoms with Crippen LogP contribution in [0.15, 0.2) is 60.7 Å². The number of carbonyl (C=O) groups is 2. The van der Waals surface area contributed by atoms with Gasteiger partial charge < -0.3 is 19.3 Å². The molecule has 4 rings (SSSR count). The molecule has 0 N–H and O–H groups in total. The van der Waals surface area contributed by atoms with Crippen molar-refractivity contribution in [3.8, 4) is 0 Å². The Kier molecular flexibility index (Phi) is 9.44. The SMILES string of the molecule is O=C(CN(CN(CC(=O)OC1CCCCC1)c1ccccc1)c1ccccc1)OC1CCCCC1. The van der Waals surface area contributed by atoms with Crippen LogP contribution in [0.3, 0.4) is 0 Å². The standard InChI is InChI=1S/C29H38N2O4/c32-28(34-26-17-9-3-10-18-26)21-30(24-13-5-1-6-14-24)23-31(25-15-7-2-8-16-25)22-29(33)35-27-19-11-4-12-20-27/h1-2,5-8,13-16,26-27H,3-4,9-12,17-23H2. The Labute approximate surface area is 209 Å². The quantitative estimate of drug-likeness (QED) is 0.322. The molecule has 2 aromatic carbocycles. The summed E-state index contributed by atoms with van der Waals surface area (Å²) in [6.45, 7) is 0.622. The molecule has 6 nitrogen and oxygen atoms in total. The number of esters is 2. The second-order valence-electron chi connectivity index (χ2n) is 9.71. The maximum Gasteiger partial charge on any atom is 0.325 e. The lowest BCUT2D eigenvalue weighted by Gasteiger charge is -2.33. The molecule has 0 atom stereocenters. The monoisotopic (exact) mass is 478 g/mol. The fourth-order valence-corrected chi connectivity index (χ4v) is 5.05. The predicted molar refractivity (Wildman–Crippen MR) is 138 cm³/mol. The van der Waals surface area contributed by atoms with Gasteiger partial charge in [0.05, 0.1) is 6.67 Å². The van der Waals surface area contributed by atoms with Crippen LogP contribution in [0.4, 0.5) is 11.4 Å². The topological polar surface area (TPSA) is 59.1 Å². The van der Waals surface area contributed by atoms with Gasteiger partial charge in [-0.15, -0.1) is 0 Å². The first-order valence-corrected chi connectivity index (χ1v) is 13.2. The molecule has 0 bridgehead atoms. The summed E-state index contributed by atoms with van der Waals surface area (Å²) in [5.41, 5.74) is 1.82. The van der Waals surface area contributed by atoms with E-state index in [1.54, 1.807) is 0 Å². The smallest absolute Gasteiger partial charge is 0.325 e. The number of para-hydroxylation sites is 2. The highest BCUT2D eigenvalue weighted by atomic mass is 16.5. The Balaban J connectivity index is 1.47. The van der Waals surface area contributed by atoms with Gasteiger partial charge in [0.25, 0.3) is 0 Å². The van der Waals surface area contributed by atoms with Crippen molar-refractivity contribution in [2.75, 3.05) is 29.6 Å². The predicted octanol–water partition coefficient (Wildman–Crippen LogP) is 5.71. The summed E-state index contributed by atoms with van der Waals surface area (Å²) in [5.74, 6) is -0.447. The first-order chi connectivity index (χ1) is 17.2. The van der Waals surface area contributed by atoms with Gasteiger partial charge in [0, 0.05) is 11.4 Å². The summed E-state index contributed by atoms with van der Waals surface area (Å²) in [6.07, 6.45) is 10.7. The minimum absolute atomic E-state index is 0.0181. The van der Waals surface area contributed by atoms with E-state index >= 15 is 0 Å². The third-order valence-corrected chi connectivity index (χ3v) is 6.92. The molecule has 0 spiro atoms. The van der Waals surface area contributed by atoms with E-state index in [2.05, 4.69) is 0 Å². The van der Waals surface area contributed by atoms with E-state index in [1.807, 2.05) is 70.5 Å². The Bertz CT molecular complexity index is 833. The van der Waals surface area contributed by atoms with E-state index < -0.39 is 0 Å². The highest BCUT2D eigenvalue weighted by Crippen LogP contribution is 2.23. The van der Waals surface area contributed by atoms with Gasteiger partial charge in [-0.05, 0) is 75.6 Å². The zero-order valence-corrected chi connectivity index (χ0v) is 20.6. The van der Waals surface area contributed by atoms with Crippen molar-refractivity contribution in [2.45, 2.75) is 76.4 Å². The minimum atomic E-state index is -0.224. The average Bonchev–Trinajstić information content (AvgIpc) is 2.90. The van der Waals surface area contributed by atoms with Crippen molar-refractivity contribution >= 4 is 23.3 Å². The number of ether oxygens (including phenoxy) is 2. The second kappa shape index (κ2) is 13.2. The minimum Gasteiger partial charge on any atom is -0.461 e. The fraction of sp³-hybridized carbons (Fsp3) is 0.517. The first-order valence-electron chi connectivity index (χ1n) is 13.2. The normalized spacial score (nSPS) is 16.9. The molecule has 35 heavy (non-hydrogen) atoms. The summed E-state index contributed by atoms with van der Waals surface area (Å²) in [6, 6.07) is 19.7. The lowest BCUT2D eigenvalue weighted by Crippen LogP contribution is -2.44. The Morgan fingerprint density at radius 2 is 0.971 bits per heavy atom. The van der Waals surface area contributed by atoms with Crippen LogP contribution in [-0.2, 0) is 19.1 Å². The average molecular weight is 479 g/mol. The van der Waals surface area contributed by atoms with Crippen molar-refractivity contribution in [3.05, 3.63) is 60.7 Å². The summed E-state index contributed by atoms with van der Waals surface area (Å²) >= 11 is 0. The van der Waals surface area contributed by atoms with Crippen LogP contribution in [0.5, 0.6) is 0 Å². The van der Waals surface area contributed by atoms with Crippen LogP contribution >= 0.6 is 0 Å². The van der Waals surface area contributed by atoms with Gasteiger partial charge >= 0.3 is 11.9 Å². The Morgan fingerprint density at radius 3 is 1.34 bits per heavy atom. The fourth-order valence-electron chi connectivity index (χ4n) is 5.05. The van der Waals surface area contributed by atoms with Gasteiger partial charge in [0.15, 0.2) is 0 Å². The van der Waals surface area contributed by atoms with E-state index in [-0.39, 0.29) is 37.2 Å². The molecule has 0 aliphatic heterocycles. The maximum atomic E-state index is 12.9. The molecule has 0 aromatic heterocycles. The van der Waals surface area contributed by atoms with E-state index in [0.717, 1.165) is 62.7 Å². The number of hydrogen-bond donors (Lipinski definition) is 0. The third-order valence-electron chi connectivity index (χ3n) is 6.92. The van der Waals surface area contributed by atoms with Crippen LogP contribution in [0.2, 0.25) is 0 Å². The van der Waals surface area contributed by atoms with Crippen molar-refractivity contribution in [1.29, 1.82) is 0 Å². The molecule has 0 heterocycles. The number of anilines is 2. The van der Waals surface area contributed by atoms with E-state index in [4.69, 9.17) is 9.47 Å². The number of rotatable bonds is 10. The molecule has 6 heteroatoms. The van der Waals surface area contributed by atoms with E-state index in [1.165, 1.54) is 12.8 Å². The number of nitrogens with zero attached hydrogens (tertiary/aromatic N) is 2. The number of hydrogen-bond acceptors (Lipinski definition) is 6. The highest BCUT2D eigenvalue weighted by molar-refractivity contribution is 5.78. The van der Waals surface area contributed by atoms with Crippen LogP contribution in [0.25, 0.3) is 0 Å². The molecule has 2 aliphatic rings. The molecule has 2 fully saturated rings. The van der Waals surface area contributed by atoms with E-state index in [9.17, 15) is 9.59 Å². The van der Waals surface area contributed by atoms with Crippen LogP contribution in [0.1, 0.15) is 64.2 Å². The van der Waals surface area contributed by atoms with E-state index in [0.29, 0.717) is 6.67 Å². The highest BCUT2D eigenvalue weighted by Gasteiger charge is 2.24. The molecular weight excluding hydrogens is 440 g/mol. The molecule has 2 aliphatic carbocycles. The Morgan fingerprint density at radius 1 is 0.600 bits per heavy atom. The second-order valence-corrected chi connectivity index (χ2v) is 9.71. The van der Waals surface area contributed by atoms with Gasteiger partial charge in [-0.25, -0.2) is 0 Å². The lowest BCUT2D eigenvalue weighted by atomic mass is 9.98. The van der Waals surface area contributed by atoms with Gasteiger partial charge in [-0.3, -0.25) is 9.59 Å². The summed E-state index contributed by atoms with van der Waals surface area (Å²) in [5, 5.41) is 0. The van der Waals surface area contributed by atoms with Crippen molar-refractivity contribution in [3.63, 3.8) is 0 Å². The molecule has 2 aromatic rings. The van der Waals surface area contributed by atoms with Gasteiger partial charge in [0.1, 0.15) is 25.3 Å². The van der Waals surface area contributed by atoms with Gasteiger partial charge in [-0.2, -0.15) is 0 Å². The van der Waals surface area contributed by atoms with Crippen molar-refractivity contribution in [2.24, 2.45) is 0 Å². The lowest BCUT2D eigenvalue weighted by molar-refractivity contribution is -0.149. The maximum absolute atomic E-state index is 12.9. The molecule has 0 saturated heterocycles. The zero-order chi connectivity index (χ0) is 24.3. The van der Waals surface area contributed by atoms with Crippen molar-refractivity contribution < 1.29 is 19.1 Å². The largest absolute Gasteiger partial charge is 0.461 e. The number of carbonyl (C=O) groups excluding carboxylic acids is 2. The third kappa shape index (κ3) is 8.01. The molecule has 188 valence electrons. The summed E-state index contributed by atoms with van der Waals surface area (Å²) in [4.78, 5) is 29.8. The summed E-state index contributed by atoms with van der Waals surface area (Å²) in [7, 11) is 0. The van der Waals surface area contributed by atoms with Crippen LogP contribution in [-0.4, -0.2) is 43.9 Å². The number of benzene rings is 2. The zero-order valence-electron chi connectivity index (χ0n) is 20.6. The summed E-state index contributed by atoms with van der Waals surface area (Å²) < 4.78 is 11.6. The van der Waals surface area contributed by atoms with Gasteiger partial charge in [-0.1, -0.05) is 49.2 Å². The van der Waals surface area contributed by atoms with Crippen LogP contribution in [0, 0.1) is 0 Å². The molecule has 0 amide bonds. The molecule has 2 saturated carbocycles. The molecular formula is C29H38N2O4. The molecule has 0 radical (unpaired) electrons. The molecule has 0 unspecified atom stereocenters. The Hall–Kier alpha value is -3.02. The first kappa shape index (κ1) is 25.1.